The van der Waals surface area contributed by atoms with Gasteiger partial charge in [-0.2, -0.15) is 11.8 Å². The zero-order valence-corrected chi connectivity index (χ0v) is 11.9. The molecular weight excluding hydrogens is 280 g/mol. The monoisotopic (exact) mass is 296 g/mol. The number of phenolic OH excluding ortho intramolecular Hbond substituents is 1. The van der Waals surface area contributed by atoms with E-state index in [2.05, 4.69) is 5.32 Å². The van der Waals surface area contributed by atoms with Crippen molar-refractivity contribution in [2.75, 3.05) is 12.8 Å². The average Bonchev–Trinajstić information content (AvgIpc) is 2.37. The van der Waals surface area contributed by atoms with Crippen LogP contribution in [0.3, 0.4) is 0 Å². The summed E-state index contributed by atoms with van der Waals surface area (Å²) in [6, 6.07) is 3.94. The maximum Gasteiger partial charge on any atom is 0.311 e. The predicted octanol–water partition coefficient (Wildman–Crippen LogP) is 2.32. The van der Waals surface area contributed by atoms with Crippen LogP contribution in [0.1, 0.15) is 29.6 Å². The van der Waals surface area contributed by atoms with E-state index in [1.807, 2.05) is 6.26 Å². The van der Waals surface area contributed by atoms with Gasteiger partial charge in [0.25, 0.3) is 5.91 Å². The molecule has 1 aromatic rings. The molecule has 0 atom stereocenters. The first-order valence-electron chi connectivity index (χ1n) is 6.29. The molecule has 2 N–H and O–H groups in total. The van der Waals surface area contributed by atoms with Crippen LogP contribution < -0.4 is 5.32 Å². The molecule has 2 rings (SSSR count). The number of phenols is 1. The molecule has 1 fully saturated rings. The van der Waals surface area contributed by atoms with Crippen molar-refractivity contribution in [3.63, 3.8) is 0 Å². The number of aromatic hydroxyl groups is 1. The number of nitrogens with zero attached hydrogens (tertiary/aromatic N) is 1. The Hall–Kier alpha value is -1.76. The zero-order valence-electron chi connectivity index (χ0n) is 11.1. The second-order valence-electron chi connectivity index (χ2n) is 4.85. The smallest absolute Gasteiger partial charge is 0.311 e. The van der Waals surface area contributed by atoms with Gasteiger partial charge in [-0.3, -0.25) is 14.9 Å². The minimum Gasteiger partial charge on any atom is -0.502 e. The summed E-state index contributed by atoms with van der Waals surface area (Å²) in [4.78, 5) is 22.1. The van der Waals surface area contributed by atoms with Gasteiger partial charge in [0.2, 0.25) is 5.75 Å². The van der Waals surface area contributed by atoms with Crippen LogP contribution in [0.25, 0.3) is 0 Å². The Labute approximate surface area is 120 Å². The fraction of sp³-hybridized carbons (Fsp3) is 0.462. The van der Waals surface area contributed by atoms with Crippen LogP contribution in [0.15, 0.2) is 18.2 Å². The summed E-state index contributed by atoms with van der Waals surface area (Å²) in [6.45, 7) is 0.509. The van der Waals surface area contributed by atoms with Gasteiger partial charge in [0.05, 0.1) is 10.5 Å². The molecule has 1 aliphatic rings. The molecule has 0 aliphatic heterocycles. The first kappa shape index (κ1) is 14.6. The van der Waals surface area contributed by atoms with Crippen LogP contribution in [-0.4, -0.2) is 33.5 Å². The van der Waals surface area contributed by atoms with Crippen molar-refractivity contribution in [1.29, 1.82) is 0 Å². The van der Waals surface area contributed by atoms with Gasteiger partial charge in [-0.1, -0.05) is 12.5 Å². The fourth-order valence-corrected chi connectivity index (χ4v) is 3.14. The van der Waals surface area contributed by atoms with E-state index >= 15 is 0 Å². The van der Waals surface area contributed by atoms with E-state index < -0.39 is 22.3 Å². The number of nitro benzene ring substituents is 1. The first-order chi connectivity index (χ1) is 9.49. The minimum absolute atomic E-state index is 0.0604. The number of carbonyl (C=O) groups excluding carboxylic acids is 1. The van der Waals surface area contributed by atoms with Gasteiger partial charge in [0, 0.05) is 17.4 Å². The maximum atomic E-state index is 12.0. The van der Waals surface area contributed by atoms with Gasteiger partial charge in [0.1, 0.15) is 0 Å². The lowest BCUT2D eigenvalue weighted by Crippen LogP contribution is -2.45. The van der Waals surface area contributed by atoms with E-state index in [-0.39, 0.29) is 10.3 Å². The molecule has 1 amide bonds. The van der Waals surface area contributed by atoms with E-state index in [0.29, 0.717) is 6.54 Å². The van der Waals surface area contributed by atoms with Crippen LogP contribution in [0.5, 0.6) is 5.75 Å². The largest absolute Gasteiger partial charge is 0.502 e. The number of thioether (sulfide) groups is 1. The zero-order chi connectivity index (χ0) is 14.8. The third-order valence-electron chi connectivity index (χ3n) is 3.72. The molecule has 0 radical (unpaired) electrons. The number of nitro groups is 1. The molecule has 0 heterocycles. The summed E-state index contributed by atoms with van der Waals surface area (Å²) in [5, 5.41) is 23.3. The SMILES string of the molecule is CSC1(CNC(=O)c2cccc([N+](=O)[O-])c2O)CCC1. The van der Waals surface area contributed by atoms with E-state index in [1.165, 1.54) is 18.2 Å². The average molecular weight is 296 g/mol. The van der Waals surface area contributed by atoms with Gasteiger partial charge >= 0.3 is 5.69 Å². The van der Waals surface area contributed by atoms with Crippen molar-refractivity contribution in [3.05, 3.63) is 33.9 Å². The summed E-state index contributed by atoms with van der Waals surface area (Å²) in [5.41, 5.74) is -0.518. The highest BCUT2D eigenvalue weighted by Crippen LogP contribution is 2.42. The lowest BCUT2D eigenvalue weighted by Gasteiger charge is -2.40. The van der Waals surface area contributed by atoms with E-state index in [0.717, 1.165) is 19.3 Å². The third-order valence-corrected chi connectivity index (χ3v) is 5.14. The number of nitrogens with one attached hydrogen (secondary N) is 1. The van der Waals surface area contributed by atoms with Crippen molar-refractivity contribution >= 4 is 23.4 Å². The standard InChI is InChI=1S/C13H16N2O4S/c1-20-13(6-3-7-13)8-14-12(17)9-4-2-5-10(11(9)16)15(18)19/h2,4-5,16H,3,6-8H2,1H3,(H,14,17). The van der Waals surface area contributed by atoms with E-state index in [9.17, 15) is 20.0 Å². The van der Waals surface area contributed by atoms with Gasteiger partial charge in [-0.05, 0) is 25.2 Å². The molecule has 20 heavy (non-hydrogen) atoms. The Morgan fingerprint density at radius 1 is 1.55 bits per heavy atom. The molecule has 1 aliphatic carbocycles. The number of para-hydroxylation sites is 1. The summed E-state index contributed by atoms with van der Waals surface area (Å²) in [7, 11) is 0. The number of rotatable bonds is 5. The number of benzene rings is 1. The number of carbonyl (C=O) groups is 1. The first-order valence-corrected chi connectivity index (χ1v) is 7.51. The Balaban J connectivity index is 2.10. The molecule has 0 spiro atoms. The highest BCUT2D eigenvalue weighted by Gasteiger charge is 2.36. The van der Waals surface area contributed by atoms with Gasteiger partial charge in [-0.15, -0.1) is 0 Å². The third kappa shape index (κ3) is 2.72. The molecule has 0 bridgehead atoms. The second-order valence-corrected chi connectivity index (χ2v) is 6.13. The van der Waals surface area contributed by atoms with E-state index in [4.69, 9.17) is 0 Å². The van der Waals surface area contributed by atoms with Crippen molar-refractivity contribution in [2.24, 2.45) is 0 Å². The van der Waals surface area contributed by atoms with Gasteiger partial charge in [0.15, 0.2) is 0 Å². The highest BCUT2D eigenvalue weighted by molar-refractivity contribution is 8.00. The molecule has 1 saturated carbocycles. The number of hydrogen-bond donors (Lipinski definition) is 2. The normalized spacial score (nSPS) is 16.2. The fourth-order valence-electron chi connectivity index (χ4n) is 2.22. The summed E-state index contributed by atoms with van der Waals surface area (Å²) >= 11 is 1.72. The Kier molecular flexibility index (Phi) is 4.17. The lowest BCUT2D eigenvalue weighted by atomic mass is 9.84. The van der Waals surface area contributed by atoms with Gasteiger partial charge in [-0.25, -0.2) is 0 Å². The molecule has 108 valence electrons. The maximum absolute atomic E-state index is 12.0. The molecule has 1 aromatic carbocycles. The molecular formula is C13H16N2O4S. The topological polar surface area (TPSA) is 92.5 Å². The van der Waals surface area contributed by atoms with Crippen LogP contribution in [-0.2, 0) is 0 Å². The second kappa shape index (κ2) is 5.70. The van der Waals surface area contributed by atoms with Crippen LogP contribution >= 0.6 is 11.8 Å². The molecule has 7 heteroatoms. The van der Waals surface area contributed by atoms with Gasteiger partial charge < -0.3 is 10.4 Å². The van der Waals surface area contributed by atoms with Crippen molar-refractivity contribution in [3.8, 4) is 5.75 Å². The predicted molar refractivity (Wildman–Crippen MR) is 77.2 cm³/mol. The van der Waals surface area contributed by atoms with E-state index in [1.54, 1.807) is 11.8 Å². The Morgan fingerprint density at radius 3 is 2.75 bits per heavy atom. The Morgan fingerprint density at radius 2 is 2.25 bits per heavy atom. The van der Waals surface area contributed by atoms with Crippen molar-refractivity contribution in [2.45, 2.75) is 24.0 Å². The summed E-state index contributed by atoms with van der Waals surface area (Å²) < 4.78 is 0.0754. The quantitative estimate of drug-likeness (QED) is 0.642. The molecule has 6 nitrogen and oxygen atoms in total. The van der Waals surface area contributed by atoms with Crippen molar-refractivity contribution in [1.82, 2.24) is 5.32 Å². The summed E-state index contributed by atoms with van der Waals surface area (Å²) in [6.07, 6.45) is 5.26. The Bertz CT molecular complexity index is 538. The number of amides is 1. The van der Waals surface area contributed by atoms with Crippen molar-refractivity contribution < 1.29 is 14.8 Å². The molecule has 0 saturated heterocycles. The highest BCUT2D eigenvalue weighted by atomic mass is 32.2. The number of hydrogen-bond acceptors (Lipinski definition) is 5. The molecule has 0 aromatic heterocycles. The van der Waals surface area contributed by atoms with Crippen LogP contribution in [0.2, 0.25) is 0 Å². The van der Waals surface area contributed by atoms with Crippen LogP contribution in [0, 0.1) is 10.1 Å². The summed E-state index contributed by atoms with van der Waals surface area (Å²) in [5.74, 6) is -1.06. The minimum atomic E-state index is -0.707. The lowest BCUT2D eigenvalue weighted by molar-refractivity contribution is -0.385. The molecule has 0 unspecified atom stereocenters. The van der Waals surface area contributed by atoms with Crippen LogP contribution in [0.4, 0.5) is 5.69 Å².